The first-order valence-electron chi connectivity index (χ1n) is 13.8. The van der Waals surface area contributed by atoms with Crippen molar-refractivity contribution in [2.75, 3.05) is 0 Å². The number of rotatable bonds is 2. The Morgan fingerprint density at radius 1 is 0.750 bits per heavy atom. The first-order chi connectivity index (χ1) is 17.1. The van der Waals surface area contributed by atoms with Gasteiger partial charge in [0.2, 0.25) is 5.69 Å². The Bertz CT molecular complexity index is 1510. The number of fused-ring (bicyclic) bond motifs is 4. The van der Waals surface area contributed by atoms with Gasteiger partial charge in [0, 0.05) is 18.4 Å². The van der Waals surface area contributed by atoms with Gasteiger partial charge in [-0.25, -0.2) is 0 Å². The Morgan fingerprint density at radius 3 is 2.22 bits per heavy atom. The molecule has 1 nitrogen and oxygen atoms in total. The predicted octanol–water partition coefficient (Wildman–Crippen LogP) is 8.94. The van der Waals surface area contributed by atoms with Crippen molar-refractivity contribution >= 4 is 10.8 Å². The van der Waals surface area contributed by atoms with E-state index in [4.69, 9.17) is 0 Å². The third-order valence-electron chi connectivity index (χ3n) is 9.55. The molecule has 0 saturated heterocycles. The fourth-order valence-electron chi connectivity index (χ4n) is 7.02. The highest BCUT2D eigenvalue weighted by Gasteiger charge is 2.36. The Labute approximate surface area is 217 Å². The van der Waals surface area contributed by atoms with Gasteiger partial charge < -0.3 is 0 Å². The maximum Gasteiger partial charge on any atom is 0.220 e. The number of hydrogen-bond donors (Lipinski definition) is 0. The summed E-state index contributed by atoms with van der Waals surface area (Å²) in [7, 11) is 2.23. The van der Waals surface area contributed by atoms with Crippen LogP contribution < -0.4 is 4.57 Å². The fourth-order valence-corrected chi connectivity index (χ4v) is 7.02. The van der Waals surface area contributed by atoms with Gasteiger partial charge in [-0.3, -0.25) is 0 Å². The molecule has 3 aromatic carbocycles. The second-order valence-corrected chi connectivity index (χ2v) is 12.9. The van der Waals surface area contributed by atoms with Gasteiger partial charge in [0.05, 0.1) is 10.9 Å². The van der Waals surface area contributed by atoms with Gasteiger partial charge in [0.15, 0.2) is 5.69 Å². The van der Waals surface area contributed by atoms with Gasteiger partial charge in [0.1, 0.15) is 7.05 Å². The van der Waals surface area contributed by atoms with Gasteiger partial charge in [-0.1, -0.05) is 70.2 Å². The van der Waals surface area contributed by atoms with E-state index in [1.54, 1.807) is 0 Å². The maximum absolute atomic E-state index is 2.50. The van der Waals surface area contributed by atoms with Crippen LogP contribution in [0.5, 0.6) is 0 Å². The Kier molecular flexibility index (Phi) is 5.24. The first kappa shape index (κ1) is 23.5. The molecular weight excluding hydrogens is 434 g/mol. The Morgan fingerprint density at radius 2 is 1.47 bits per heavy atom. The number of nitrogens with zero attached hydrogens (tertiary/aromatic N) is 1. The van der Waals surface area contributed by atoms with E-state index >= 15 is 0 Å². The van der Waals surface area contributed by atoms with Crippen LogP contribution >= 0.6 is 0 Å². The molecule has 0 unspecified atom stereocenters. The summed E-state index contributed by atoms with van der Waals surface area (Å²) < 4.78 is 2.40. The molecule has 0 atom stereocenters. The van der Waals surface area contributed by atoms with Crippen molar-refractivity contribution in [2.24, 2.45) is 12.5 Å². The van der Waals surface area contributed by atoms with E-state index in [2.05, 4.69) is 114 Å². The van der Waals surface area contributed by atoms with E-state index in [-0.39, 0.29) is 5.41 Å². The van der Waals surface area contributed by atoms with Gasteiger partial charge in [-0.2, -0.15) is 4.57 Å². The van der Waals surface area contributed by atoms with Gasteiger partial charge in [-0.05, 0) is 94.8 Å². The van der Waals surface area contributed by atoms with E-state index in [1.165, 1.54) is 86.8 Å². The van der Waals surface area contributed by atoms with Crippen molar-refractivity contribution in [3.63, 3.8) is 0 Å². The molecule has 0 radical (unpaired) electrons. The summed E-state index contributed by atoms with van der Waals surface area (Å²) >= 11 is 0. The molecule has 1 fully saturated rings. The van der Waals surface area contributed by atoms with E-state index in [1.807, 2.05) is 0 Å². The summed E-state index contributed by atoms with van der Waals surface area (Å²) in [5, 5.41) is 2.74. The van der Waals surface area contributed by atoms with Crippen molar-refractivity contribution in [1.82, 2.24) is 0 Å². The molecule has 1 heteroatoms. The molecule has 36 heavy (non-hydrogen) atoms. The number of aryl methyl sites for hydroxylation is 2. The van der Waals surface area contributed by atoms with Crippen molar-refractivity contribution in [3.05, 3.63) is 88.6 Å². The van der Waals surface area contributed by atoms with E-state index < -0.39 is 0 Å². The molecule has 4 aromatic rings. The van der Waals surface area contributed by atoms with E-state index in [0.29, 0.717) is 11.3 Å². The molecule has 2 aliphatic carbocycles. The summed E-state index contributed by atoms with van der Waals surface area (Å²) in [6.45, 7) is 14.2. The second kappa shape index (κ2) is 8.04. The quantitative estimate of drug-likeness (QED) is 0.255. The third-order valence-corrected chi connectivity index (χ3v) is 9.55. The molecule has 184 valence electrons. The number of hydrogen-bond acceptors (Lipinski definition) is 0. The molecule has 0 amide bonds. The van der Waals surface area contributed by atoms with Crippen molar-refractivity contribution in [2.45, 2.75) is 78.6 Å². The van der Waals surface area contributed by atoms with Crippen LogP contribution in [0.1, 0.15) is 87.2 Å². The zero-order valence-electron chi connectivity index (χ0n) is 23.1. The van der Waals surface area contributed by atoms with Crippen LogP contribution in [0.25, 0.3) is 33.2 Å². The van der Waals surface area contributed by atoms with Gasteiger partial charge >= 0.3 is 0 Å². The molecule has 0 spiro atoms. The summed E-state index contributed by atoms with van der Waals surface area (Å²) in [6.07, 6.45) is 5.28. The van der Waals surface area contributed by atoms with Gasteiger partial charge in [-0.15, -0.1) is 0 Å². The van der Waals surface area contributed by atoms with Crippen LogP contribution in [0.4, 0.5) is 0 Å². The van der Waals surface area contributed by atoms with E-state index in [9.17, 15) is 0 Å². The van der Waals surface area contributed by atoms with Gasteiger partial charge in [0.25, 0.3) is 0 Å². The average molecular weight is 475 g/mol. The summed E-state index contributed by atoms with van der Waals surface area (Å²) in [5.74, 6) is 0.696. The number of benzene rings is 3. The molecule has 1 heterocycles. The van der Waals surface area contributed by atoms with Crippen LogP contribution in [-0.4, -0.2) is 0 Å². The molecule has 6 rings (SSSR count). The summed E-state index contributed by atoms with van der Waals surface area (Å²) in [4.78, 5) is 0. The highest BCUT2D eigenvalue weighted by molar-refractivity contribution is 5.95. The summed E-state index contributed by atoms with van der Waals surface area (Å²) in [6, 6.07) is 23.6. The lowest BCUT2D eigenvalue weighted by Gasteiger charge is -2.34. The SMILES string of the molecule is Cc1cc2c(cc1-c1c3ccc(C4CCC(C)(C)CC4)cc3cc(C)[n+]1C)C(C)(C)c1ccccc1-2. The van der Waals surface area contributed by atoms with Crippen LogP contribution in [0.3, 0.4) is 0 Å². The van der Waals surface area contributed by atoms with Crippen LogP contribution in [0.2, 0.25) is 0 Å². The normalized spacial score (nSPS) is 18.3. The molecule has 1 saturated carbocycles. The lowest BCUT2D eigenvalue weighted by molar-refractivity contribution is -0.665. The minimum absolute atomic E-state index is 0.00844. The van der Waals surface area contributed by atoms with Crippen LogP contribution in [0.15, 0.2) is 60.7 Å². The smallest absolute Gasteiger partial charge is 0.198 e. The van der Waals surface area contributed by atoms with Crippen molar-refractivity contribution in [3.8, 4) is 22.4 Å². The van der Waals surface area contributed by atoms with Crippen LogP contribution in [-0.2, 0) is 12.5 Å². The lowest BCUT2D eigenvalue weighted by Crippen LogP contribution is -2.35. The topological polar surface area (TPSA) is 3.88 Å². The third kappa shape index (κ3) is 3.54. The minimum atomic E-state index is 0.00844. The van der Waals surface area contributed by atoms with E-state index in [0.717, 1.165) is 0 Å². The lowest BCUT2D eigenvalue weighted by atomic mass is 9.71. The molecule has 2 aliphatic rings. The maximum atomic E-state index is 2.50. The fraction of sp³-hybridized carbons (Fsp3) is 0.400. The van der Waals surface area contributed by atoms with Crippen molar-refractivity contribution in [1.29, 1.82) is 0 Å². The Hall–Kier alpha value is -2.93. The zero-order chi connectivity index (χ0) is 25.4. The largest absolute Gasteiger partial charge is 0.220 e. The predicted molar refractivity (Wildman–Crippen MR) is 153 cm³/mol. The molecular formula is C35H40N+. The van der Waals surface area contributed by atoms with Crippen molar-refractivity contribution < 1.29 is 4.57 Å². The minimum Gasteiger partial charge on any atom is -0.198 e. The molecule has 0 N–H and O–H groups in total. The Balaban J connectivity index is 1.50. The molecule has 1 aromatic heterocycles. The monoisotopic (exact) mass is 474 g/mol. The second-order valence-electron chi connectivity index (χ2n) is 12.9. The summed E-state index contributed by atoms with van der Waals surface area (Å²) in [5.41, 5.74) is 13.1. The highest BCUT2D eigenvalue weighted by Crippen LogP contribution is 2.50. The zero-order valence-corrected chi connectivity index (χ0v) is 23.1. The average Bonchev–Trinajstić information content (AvgIpc) is 3.06. The molecule has 0 bridgehead atoms. The first-order valence-corrected chi connectivity index (χ1v) is 13.8. The number of pyridine rings is 1. The number of aromatic nitrogens is 1. The highest BCUT2D eigenvalue weighted by atomic mass is 14.9. The van der Waals surface area contributed by atoms with Crippen LogP contribution in [0, 0.1) is 19.3 Å². The standard InChI is InChI=1S/C35H40N/c1-22-18-30-28-10-8-9-11-31(28)35(5,6)32(30)21-29(22)33-27-13-12-25(20-26(27)19-23(2)36(33)7)24-14-16-34(3,4)17-15-24/h8-13,18-21,24H,14-17H2,1-7H3/q+1. The molecule has 0 aliphatic heterocycles.